The number of nitrogens with one attached hydrogen (secondary N) is 1. The smallest absolute Gasteiger partial charge is 0.337 e. The van der Waals surface area contributed by atoms with E-state index in [1.54, 1.807) is 35.4 Å². The molecule has 0 saturated carbocycles. The second-order valence-corrected chi connectivity index (χ2v) is 6.30. The average Bonchev–Trinajstić information content (AvgIpc) is 3.08. The molecule has 120 valence electrons. The van der Waals surface area contributed by atoms with Gasteiger partial charge in [-0.15, -0.1) is 11.8 Å². The van der Waals surface area contributed by atoms with Crippen molar-refractivity contribution in [3.63, 3.8) is 0 Å². The summed E-state index contributed by atoms with van der Waals surface area (Å²) >= 11 is 1.57. The fraction of sp³-hybridized carbons (Fsp3) is 0.250. The normalized spacial score (nSPS) is 14.3. The lowest BCUT2D eigenvalue weighted by molar-refractivity contribution is 0.0696. The van der Waals surface area contributed by atoms with Gasteiger partial charge in [0.2, 0.25) is 0 Å². The van der Waals surface area contributed by atoms with Gasteiger partial charge in [0.25, 0.3) is 5.91 Å². The van der Waals surface area contributed by atoms with E-state index in [1.165, 1.54) is 18.2 Å². The fourth-order valence-electron chi connectivity index (χ4n) is 2.60. The number of amides is 1. The summed E-state index contributed by atoms with van der Waals surface area (Å²) in [6.45, 7) is 1.80. The maximum atomic E-state index is 13.0. The van der Waals surface area contributed by atoms with Crippen LogP contribution in [0.5, 0.6) is 0 Å². The molecule has 2 N–H and O–H groups in total. The largest absolute Gasteiger partial charge is 0.478 e. The van der Waals surface area contributed by atoms with Crippen LogP contribution in [0.4, 0.5) is 4.39 Å². The van der Waals surface area contributed by atoms with Gasteiger partial charge in [0.15, 0.2) is 0 Å². The van der Waals surface area contributed by atoms with Crippen LogP contribution in [0.2, 0.25) is 0 Å². The molecule has 1 unspecified atom stereocenters. The molecule has 7 heteroatoms. The number of aromatic carboxylic acids is 1. The summed E-state index contributed by atoms with van der Waals surface area (Å²) < 4.78 is 14.7. The summed E-state index contributed by atoms with van der Waals surface area (Å²) in [4.78, 5) is 23.8. The highest BCUT2D eigenvalue weighted by Gasteiger charge is 2.27. The minimum atomic E-state index is -1.03. The van der Waals surface area contributed by atoms with Crippen LogP contribution in [-0.4, -0.2) is 21.6 Å². The van der Waals surface area contributed by atoms with Crippen LogP contribution in [0.15, 0.2) is 30.3 Å². The number of carboxylic acids is 1. The van der Waals surface area contributed by atoms with Crippen LogP contribution in [0.3, 0.4) is 0 Å². The molecular weight excluding hydrogens is 319 g/mol. The molecule has 2 heterocycles. The molecule has 0 fully saturated rings. The van der Waals surface area contributed by atoms with E-state index in [-0.39, 0.29) is 23.3 Å². The van der Waals surface area contributed by atoms with Crippen LogP contribution < -0.4 is 5.32 Å². The number of carboxylic acid groups (broad SMARTS) is 1. The summed E-state index contributed by atoms with van der Waals surface area (Å²) in [5, 5.41) is 12.1. The fourth-order valence-corrected chi connectivity index (χ4v) is 3.68. The summed E-state index contributed by atoms with van der Waals surface area (Å²) in [5.41, 5.74) is 1.97. The molecule has 0 spiro atoms. The van der Waals surface area contributed by atoms with Crippen molar-refractivity contribution in [2.45, 2.75) is 24.6 Å². The Balaban J connectivity index is 1.82. The SMILES string of the molecule is CC(NC(=O)c1cc(C(=O)O)c2n1CSC2)c1ccc(F)cc1. The Morgan fingerprint density at radius 3 is 2.70 bits per heavy atom. The lowest BCUT2D eigenvalue weighted by Gasteiger charge is -2.15. The standard InChI is InChI=1S/C16H15FN2O3S/c1-9(10-2-4-11(17)5-3-10)18-15(20)13-6-12(16(21)22)14-7-23-8-19(13)14/h2-6,9H,7-8H2,1H3,(H,18,20)(H,21,22). The third kappa shape index (κ3) is 2.96. The first kappa shape index (κ1) is 15.6. The van der Waals surface area contributed by atoms with Gasteiger partial charge in [0.05, 0.1) is 17.5 Å². The van der Waals surface area contributed by atoms with Crippen LogP contribution in [0.25, 0.3) is 0 Å². The third-order valence-corrected chi connectivity index (χ3v) is 4.77. The third-order valence-electron chi connectivity index (χ3n) is 3.85. The van der Waals surface area contributed by atoms with Crippen molar-refractivity contribution >= 4 is 23.6 Å². The highest BCUT2D eigenvalue weighted by Crippen LogP contribution is 2.30. The number of hydrogen-bond donors (Lipinski definition) is 2. The lowest BCUT2D eigenvalue weighted by atomic mass is 10.1. The topological polar surface area (TPSA) is 71.3 Å². The summed E-state index contributed by atoms with van der Waals surface area (Å²) in [7, 11) is 0. The van der Waals surface area contributed by atoms with Crippen molar-refractivity contribution < 1.29 is 19.1 Å². The monoisotopic (exact) mass is 334 g/mol. The first-order valence-corrected chi connectivity index (χ1v) is 8.22. The first-order chi connectivity index (χ1) is 11.0. The summed E-state index contributed by atoms with van der Waals surface area (Å²) in [5.74, 6) is -0.543. The molecule has 0 bridgehead atoms. The van der Waals surface area contributed by atoms with Crippen molar-refractivity contribution in [2.75, 3.05) is 0 Å². The molecule has 1 aromatic carbocycles. The zero-order chi connectivity index (χ0) is 16.6. The van der Waals surface area contributed by atoms with Crippen LogP contribution in [0.1, 0.15) is 45.1 Å². The molecule has 1 aromatic heterocycles. The number of nitrogens with zero attached hydrogens (tertiary/aromatic N) is 1. The molecule has 0 saturated heterocycles. The maximum Gasteiger partial charge on any atom is 0.337 e. The number of benzene rings is 1. The maximum absolute atomic E-state index is 13.0. The van der Waals surface area contributed by atoms with E-state index >= 15 is 0 Å². The molecular formula is C16H15FN2O3S. The van der Waals surface area contributed by atoms with Gasteiger partial charge in [0, 0.05) is 11.4 Å². The molecule has 2 aromatic rings. The van der Waals surface area contributed by atoms with Crippen LogP contribution >= 0.6 is 11.8 Å². The van der Waals surface area contributed by atoms with Crippen LogP contribution in [-0.2, 0) is 11.6 Å². The second-order valence-electron chi connectivity index (χ2n) is 5.35. The van der Waals surface area contributed by atoms with E-state index in [4.69, 9.17) is 0 Å². The van der Waals surface area contributed by atoms with Crippen molar-refractivity contribution in [1.29, 1.82) is 0 Å². The number of fused-ring (bicyclic) bond motifs is 1. The van der Waals surface area contributed by atoms with Gasteiger partial charge in [0.1, 0.15) is 11.5 Å². The minimum absolute atomic E-state index is 0.176. The lowest BCUT2D eigenvalue weighted by Crippen LogP contribution is -2.28. The van der Waals surface area contributed by atoms with E-state index < -0.39 is 5.97 Å². The quantitative estimate of drug-likeness (QED) is 0.901. The van der Waals surface area contributed by atoms with Crippen molar-refractivity contribution in [2.24, 2.45) is 0 Å². The molecule has 1 amide bonds. The molecule has 5 nitrogen and oxygen atoms in total. The number of hydrogen-bond acceptors (Lipinski definition) is 3. The Bertz CT molecular complexity index is 770. The Hall–Kier alpha value is -2.28. The van der Waals surface area contributed by atoms with E-state index in [1.807, 2.05) is 0 Å². The molecule has 3 rings (SSSR count). The predicted octanol–water partition coefficient (Wildman–Crippen LogP) is 3.02. The van der Waals surface area contributed by atoms with Crippen molar-refractivity contribution in [1.82, 2.24) is 9.88 Å². The highest BCUT2D eigenvalue weighted by molar-refractivity contribution is 7.97. The van der Waals surface area contributed by atoms with Gasteiger partial charge in [-0.2, -0.15) is 0 Å². The van der Waals surface area contributed by atoms with Gasteiger partial charge >= 0.3 is 5.97 Å². The zero-order valence-corrected chi connectivity index (χ0v) is 13.2. The van der Waals surface area contributed by atoms with E-state index in [0.29, 0.717) is 23.0 Å². The van der Waals surface area contributed by atoms with E-state index in [2.05, 4.69) is 5.32 Å². The predicted molar refractivity (Wildman–Crippen MR) is 85.0 cm³/mol. The van der Waals surface area contributed by atoms with E-state index in [9.17, 15) is 19.1 Å². The van der Waals surface area contributed by atoms with Crippen molar-refractivity contribution in [3.8, 4) is 0 Å². The number of carbonyl (C=O) groups is 2. The minimum Gasteiger partial charge on any atom is -0.478 e. The first-order valence-electron chi connectivity index (χ1n) is 7.07. The Morgan fingerprint density at radius 1 is 1.35 bits per heavy atom. The number of aromatic nitrogens is 1. The average molecular weight is 334 g/mol. The molecule has 1 aliphatic heterocycles. The van der Waals surface area contributed by atoms with Crippen LogP contribution in [0, 0.1) is 5.82 Å². The number of carbonyl (C=O) groups excluding carboxylic acids is 1. The Labute approximate surface area is 136 Å². The number of rotatable bonds is 4. The van der Waals surface area contributed by atoms with Gasteiger partial charge in [-0.3, -0.25) is 4.79 Å². The van der Waals surface area contributed by atoms with Gasteiger partial charge in [-0.05, 0) is 30.7 Å². The van der Waals surface area contributed by atoms with Crippen molar-refractivity contribution in [3.05, 3.63) is 58.7 Å². The van der Waals surface area contributed by atoms with Gasteiger partial charge in [-0.25, -0.2) is 9.18 Å². The van der Waals surface area contributed by atoms with E-state index in [0.717, 1.165) is 5.56 Å². The zero-order valence-electron chi connectivity index (χ0n) is 12.4. The summed E-state index contributed by atoms with van der Waals surface area (Å²) in [6, 6.07) is 7.02. The summed E-state index contributed by atoms with van der Waals surface area (Å²) in [6.07, 6.45) is 0. The molecule has 0 radical (unpaired) electrons. The molecule has 1 atom stereocenters. The van der Waals surface area contributed by atoms with Gasteiger partial charge in [-0.1, -0.05) is 12.1 Å². The molecule has 23 heavy (non-hydrogen) atoms. The number of thioether (sulfide) groups is 1. The second kappa shape index (κ2) is 6.08. The Morgan fingerprint density at radius 2 is 2.04 bits per heavy atom. The van der Waals surface area contributed by atoms with Gasteiger partial charge < -0.3 is 15.0 Å². The molecule has 1 aliphatic rings. The number of halogens is 1. The highest BCUT2D eigenvalue weighted by atomic mass is 32.2. The Kier molecular flexibility index (Phi) is 4.12. The molecule has 0 aliphatic carbocycles.